The van der Waals surface area contributed by atoms with E-state index in [-0.39, 0.29) is 12.5 Å². The molecule has 1 aromatic heterocycles. The van der Waals surface area contributed by atoms with Crippen LogP contribution >= 0.6 is 0 Å². The predicted octanol–water partition coefficient (Wildman–Crippen LogP) is 2.84. The molecule has 0 radical (unpaired) electrons. The summed E-state index contributed by atoms with van der Waals surface area (Å²) in [5.41, 5.74) is 0.396. The first-order valence-corrected chi connectivity index (χ1v) is 8.30. The molecular weight excluding hydrogens is 366 g/mol. The first-order chi connectivity index (χ1) is 13.5. The van der Waals surface area contributed by atoms with Crippen molar-refractivity contribution in [3.63, 3.8) is 0 Å². The molecule has 0 aliphatic rings. The van der Waals surface area contributed by atoms with E-state index in [2.05, 4.69) is 5.32 Å². The second kappa shape index (κ2) is 8.34. The highest BCUT2D eigenvalue weighted by Gasteiger charge is 2.14. The molecule has 3 aromatic rings. The number of rotatable bonds is 7. The molecule has 0 spiro atoms. The van der Waals surface area contributed by atoms with Gasteiger partial charge in [0.05, 0.1) is 21.3 Å². The first-order valence-electron chi connectivity index (χ1n) is 8.30. The molecule has 1 amide bonds. The molecule has 0 saturated heterocycles. The van der Waals surface area contributed by atoms with E-state index in [0.29, 0.717) is 34.3 Å². The molecule has 0 aliphatic carbocycles. The van der Waals surface area contributed by atoms with Gasteiger partial charge < -0.3 is 28.7 Å². The molecule has 0 aliphatic heterocycles. The lowest BCUT2D eigenvalue weighted by atomic mass is 10.2. The van der Waals surface area contributed by atoms with Crippen molar-refractivity contribution >= 4 is 22.6 Å². The van der Waals surface area contributed by atoms with E-state index in [1.54, 1.807) is 36.4 Å². The van der Waals surface area contributed by atoms with E-state index in [1.807, 2.05) is 0 Å². The lowest BCUT2D eigenvalue weighted by Gasteiger charge is -2.14. The minimum absolute atomic E-state index is 0.237. The van der Waals surface area contributed by atoms with Gasteiger partial charge in [0, 0.05) is 35.3 Å². The molecule has 0 bridgehead atoms. The summed E-state index contributed by atoms with van der Waals surface area (Å²) in [4.78, 5) is 23.5. The third-order valence-corrected chi connectivity index (χ3v) is 3.91. The Kier molecular flexibility index (Phi) is 5.69. The van der Waals surface area contributed by atoms with Crippen LogP contribution in [0.15, 0.2) is 51.7 Å². The molecule has 1 N–H and O–H groups in total. The Hall–Kier alpha value is -3.68. The minimum Gasteiger partial charge on any atom is -0.493 e. The van der Waals surface area contributed by atoms with Crippen molar-refractivity contribution in [2.24, 2.45) is 0 Å². The number of ether oxygens (including phenoxy) is 4. The van der Waals surface area contributed by atoms with Crippen LogP contribution in [0.4, 0.5) is 5.69 Å². The predicted molar refractivity (Wildman–Crippen MR) is 103 cm³/mol. The lowest BCUT2D eigenvalue weighted by molar-refractivity contribution is -0.118. The summed E-state index contributed by atoms with van der Waals surface area (Å²) >= 11 is 0. The van der Waals surface area contributed by atoms with E-state index in [9.17, 15) is 9.59 Å². The largest absolute Gasteiger partial charge is 0.493 e. The van der Waals surface area contributed by atoms with Gasteiger partial charge in [-0.25, -0.2) is 4.79 Å². The lowest BCUT2D eigenvalue weighted by Crippen LogP contribution is -2.20. The number of hydrogen-bond acceptors (Lipinski definition) is 7. The number of benzene rings is 2. The van der Waals surface area contributed by atoms with Crippen LogP contribution in [0.2, 0.25) is 0 Å². The van der Waals surface area contributed by atoms with Gasteiger partial charge in [-0.3, -0.25) is 4.79 Å². The van der Waals surface area contributed by atoms with Gasteiger partial charge in [0.15, 0.2) is 18.1 Å². The number of anilines is 1. The van der Waals surface area contributed by atoms with Crippen molar-refractivity contribution in [1.82, 2.24) is 0 Å². The van der Waals surface area contributed by atoms with Crippen LogP contribution in [0.3, 0.4) is 0 Å². The Labute approximate surface area is 160 Å². The summed E-state index contributed by atoms with van der Waals surface area (Å²) < 4.78 is 26.3. The van der Waals surface area contributed by atoms with Gasteiger partial charge in [0.2, 0.25) is 5.75 Å². The molecule has 8 heteroatoms. The van der Waals surface area contributed by atoms with Crippen molar-refractivity contribution in [1.29, 1.82) is 0 Å². The number of amides is 1. The van der Waals surface area contributed by atoms with Crippen molar-refractivity contribution in [2.75, 3.05) is 33.3 Å². The molecule has 0 saturated carbocycles. The standard InChI is InChI=1S/C20H19NO7/c1-24-16-8-13(9-17(25-2)20(16)26-3)21-18(22)11-27-14-6-4-12-5-7-19(23)28-15(12)10-14/h4-10H,11H2,1-3H3,(H,21,22). The number of methoxy groups -OCH3 is 3. The van der Waals surface area contributed by atoms with Gasteiger partial charge >= 0.3 is 5.63 Å². The summed E-state index contributed by atoms with van der Waals surface area (Å²) in [6, 6.07) is 11.2. The van der Waals surface area contributed by atoms with Crippen molar-refractivity contribution < 1.29 is 28.2 Å². The molecule has 146 valence electrons. The molecule has 0 atom stereocenters. The first kappa shape index (κ1) is 19.1. The minimum atomic E-state index is -0.454. The fraction of sp³-hybridized carbons (Fsp3) is 0.200. The topological polar surface area (TPSA) is 96.2 Å². The van der Waals surface area contributed by atoms with Gasteiger partial charge in [-0.1, -0.05) is 0 Å². The zero-order valence-electron chi connectivity index (χ0n) is 15.6. The number of carbonyl (C=O) groups excluding carboxylic acids is 1. The van der Waals surface area contributed by atoms with Gasteiger partial charge in [0.1, 0.15) is 11.3 Å². The zero-order chi connectivity index (χ0) is 20.1. The monoisotopic (exact) mass is 385 g/mol. The second-order valence-electron chi connectivity index (χ2n) is 5.70. The summed E-state index contributed by atoms with van der Waals surface area (Å²) in [6.45, 7) is -0.237. The van der Waals surface area contributed by atoms with Crippen LogP contribution in [0.1, 0.15) is 0 Å². The van der Waals surface area contributed by atoms with Crippen LogP contribution in [0.5, 0.6) is 23.0 Å². The molecule has 0 fully saturated rings. The molecule has 3 rings (SSSR count). The van der Waals surface area contributed by atoms with Crippen LogP contribution < -0.4 is 29.9 Å². The Bertz CT molecular complexity index is 1030. The number of nitrogens with one attached hydrogen (secondary N) is 1. The Morgan fingerprint density at radius 3 is 2.29 bits per heavy atom. The van der Waals surface area contributed by atoms with E-state index < -0.39 is 5.63 Å². The molecule has 2 aromatic carbocycles. The fourth-order valence-corrected chi connectivity index (χ4v) is 2.63. The molecule has 28 heavy (non-hydrogen) atoms. The van der Waals surface area contributed by atoms with Crippen LogP contribution in [0, 0.1) is 0 Å². The SMILES string of the molecule is COc1cc(NC(=O)COc2ccc3ccc(=O)oc3c2)cc(OC)c1OC. The van der Waals surface area contributed by atoms with Crippen molar-refractivity contribution in [3.8, 4) is 23.0 Å². The Balaban J connectivity index is 1.70. The maximum Gasteiger partial charge on any atom is 0.336 e. The molecular formula is C20H19NO7. The molecule has 0 unspecified atom stereocenters. The van der Waals surface area contributed by atoms with Crippen LogP contribution in [-0.2, 0) is 4.79 Å². The quantitative estimate of drug-likeness (QED) is 0.625. The van der Waals surface area contributed by atoms with E-state index >= 15 is 0 Å². The van der Waals surface area contributed by atoms with Crippen LogP contribution in [0.25, 0.3) is 11.0 Å². The van der Waals surface area contributed by atoms with Crippen molar-refractivity contribution in [2.45, 2.75) is 0 Å². The van der Waals surface area contributed by atoms with Gasteiger partial charge in [0.25, 0.3) is 5.91 Å². The highest BCUT2D eigenvalue weighted by Crippen LogP contribution is 2.39. The Morgan fingerprint density at radius 1 is 0.964 bits per heavy atom. The van der Waals surface area contributed by atoms with Crippen molar-refractivity contribution in [3.05, 3.63) is 52.9 Å². The number of hydrogen-bond donors (Lipinski definition) is 1. The summed E-state index contributed by atoms with van der Waals surface area (Å²) in [5.74, 6) is 1.29. The zero-order valence-corrected chi connectivity index (χ0v) is 15.6. The molecule has 8 nitrogen and oxygen atoms in total. The average Bonchev–Trinajstić information content (AvgIpc) is 2.71. The van der Waals surface area contributed by atoms with E-state index in [0.717, 1.165) is 5.39 Å². The number of fused-ring (bicyclic) bond motifs is 1. The third kappa shape index (κ3) is 4.17. The highest BCUT2D eigenvalue weighted by molar-refractivity contribution is 5.92. The maximum atomic E-state index is 12.2. The van der Waals surface area contributed by atoms with Gasteiger partial charge in [-0.05, 0) is 18.2 Å². The smallest absolute Gasteiger partial charge is 0.336 e. The summed E-state index contributed by atoms with van der Waals surface area (Å²) in [7, 11) is 4.48. The summed E-state index contributed by atoms with van der Waals surface area (Å²) in [5, 5.41) is 3.46. The maximum absolute atomic E-state index is 12.2. The highest BCUT2D eigenvalue weighted by atomic mass is 16.5. The molecule has 1 heterocycles. The van der Waals surface area contributed by atoms with Crippen LogP contribution in [-0.4, -0.2) is 33.8 Å². The van der Waals surface area contributed by atoms with E-state index in [1.165, 1.54) is 27.4 Å². The fourth-order valence-electron chi connectivity index (χ4n) is 2.63. The third-order valence-electron chi connectivity index (χ3n) is 3.91. The van der Waals surface area contributed by atoms with Gasteiger partial charge in [-0.15, -0.1) is 0 Å². The second-order valence-corrected chi connectivity index (χ2v) is 5.70. The summed E-state index contributed by atoms with van der Waals surface area (Å²) in [6.07, 6.45) is 0. The number of carbonyl (C=O) groups is 1. The average molecular weight is 385 g/mol. The normalized spacial score (nSPS) is 10.4. The van der Waals surface area contributed by atoms with Gasteiger partial charge in [-0.2, -0.15) is 0 Å². The Morgan fingerprint density at radius 2 is 1.64 bits per heavy atom. The van der Waals surface area contributed by atoms with E-state index in [4.69, 9.17) is 23.4 Å².